The minimum atomic E-state index is -1.24. The third kappa shape index (κ3) is 5.04. The molecule has 4 rings (SSSR count). The van der Waals surface area contributed by atoms with Gasteiger partial charge in [0.15, 0.2) is 27.8 Å². The Kier molecular flexibility index (Phi) is 7.54. The molecule has 0 amide bonds. The van der Waals surface area contributed by atoms with Crippen LogP contribution in [0.4, 0.5) is 20.2 Å². The molecule has 0 fully saturated rings. The van der Waals surface area contributed by atoms with E-state index in [1.807, 2.05) is 4.98 Å². The number of H-pyrrole nitrogens is 2. The van der Waals surface area contributed by atoms with Crippen molar-refractivity contribution in [2.75, 3.05) is 0 Å². The fourth-order valence-electron chi connectivity index (χ4n) is 3.18. The van der Waals surface area contributed by atoms with Crippen LogP contribution < -0.4 is 22.0 Å². The molecule has 18 heteroatoms. The monoisotopic (exact) mass is 616 g/mol. The number of nitrogens with one attached hydrogen (secondary N) is 2. The Morgan fingerprint density at radius 2 is 1.42 bits per heavy atom. The fourth-order valence-corrected chi connectivity index (χ4v) is 3.81. The number of aromatic amines is 2. The molecule has 0 aliphatic rings. The lowest BCUT2D eigenvalue weighted by Crippen LogP contribution is -2.04. The molecule has 38 heavy (non-hydrogen) atoms. The van der Waals surface area contributed by atoms with E-state index in [0.29, 0.717) is 18.2 Å². The van der Waals surface area contributed by atoms with Crippen LogP contribution in [0.15, 0.2) is 47.9 Å². The quantitative estimate of drug-likeness (QED) is 0.190. The highest BCUT2D eigenvalue weighted by Crippen LogP contribution is 2.33. The molecule has 14 nitrogen and oxygen atoms in total. The zero-order valence-corrected chi connectivity index (χ0v) is 20.2. The Morgan fingerprint density at radius 1 is 0.842 bits per heavy atom. The van der Waals surface area contributed by atoms with E-state index in [2.05, 4.69) is 20.9 Å². The standard InChI is InChI=1S/C10H4BrFN2O5.C10H4ClFN2O5/c11-3-1-4-7(9(8(3)12)14(18)19)5(15)2-6(16)10(17)13-4;11-8-3(12)1-4-7(9(8)14(18)19)10(17)5(15)2-6(16)13-4/h1-2,16H,(H,13,17);1-2H,(H,13,16)(H,15,17). The maximum Gasteiger partial charge on any atom is 0.319 e. The van der Waals surface area contributed by atoms with E-state index in [4.69, 9.17) is 11.6 Å². The molecular formula is C20H8BrClF2N4O10. The number of fused-ring (bicyclic) bond motifs is 2. The van der Waals surface area contributed by atoms with Crippen LogP contribution in [0, 0.1) is 31.9 Å². The van der Waals surface area contributed by atoms with Crippen molar-refractivity contribution in [3.63, 3.8) is 0 Å². The summed E-state index contributed by atoms with van der Waals surface area (Å²) in [6.45, 7) is 0. The lowest BCUT2D eigenvalue weighted by Gasteiger charge is -1.99. The first-order valence-electron chi connectivity index (χ1n) is 9.51. The third-order valence-corrected chi connectivity index (χ3v) is 5.67. The largest absolute Gasteiger partial charge is 0.504 e. The Labute approximate surface area is 217 Å². The van der Waals surface area contributed by atoms with Crippen molar-refractivity contribution in [3.05, 3.63) is 107 Å². The number of hydrogen-bond donors (Lipinski definition) is 4. The van der Waals surface area contributed by atoms with Gasteiger partial charge in [0, 0.05) is 18.2 Å². The number of nitro groups is 2. The van der Waals surface area contributed by atoms with Gasteiger partial charge in [-0.25, -0.2) is 4.39 Å². The summed E-state index contributed by atoms with van der Waals surface area (Å²) in [7, 11) is 0. The van der Waals surface area contributed by atoms with E-state index in [-0.39, 0.29) is 9.99 Å². The van der Waals surface area contributed by atoms with Gasteiger partial charge in [0.1, 0.15) is 10.8 Å². The van der Waals surface area contributed by atoms with Gasteiger partial charge in [0.25, 0.3) is 11.1 Å². The van der Waals surface area contributed by atoms with E-state index in [1.165, 1.54) is 0 Å². The molecular weight excluding hydrogens is 610 g/mol. The van der Waals surface area contributed by atoms with E-state index in [9.17, 15) is 58.4 Å². The molecule has 0 saturated heterocycles. The smallest absolute Gasteiger partial charge is 0.319 e. The fraction of sp³-hybridized carbons (Fsp3) is 0. The van der Waals surface area contributed by atoms with Gasteiger partial charge >= 0.3 is 11.4 Å². The first kappa shape index (κ1) is 27.8. The van der Waals surface area contributed by atoms with Crippen molar-refractivity contribution in [2.45, 2.75) is 0 Å². The molecule has 0 bridgehead atoms. The first-order valence-corrected chi connectivity index (χ1v) is 10.7. The van der Waals surface area contributed by atoms with Crippen molar-refractivity contribution in [1.29, 1.82) is 0 Å². The number of halogens is 4. The summed E-state index contributed by atoms with van der Waals surface area (Å²) < 4.78 is 26.9. The molecule has 0 aliphatic heterocycles. The van der Waals surface area contributed by atoms with Crippen LogP contribution >= 0.6 is 27.5 Å². The van der Waals surface area contributed by atoms with Gasteiger partial charge in [0.2, 0.25) is 11.2 Å². The number of aromatic hydroxyl groups is 2. The van der Waals surface area contributed by atoms with Crippen molar-refractivity contribution >= 4 is 60.7 Å². The van der Waals surface area contributed by atoms with Crippen LogP contribution in [0.3, 0.4) is 0 Å². The van der Waals surface area contributed by atoms with Crippen LogP contribution in [-0.2, 0) is 0 Å². The van der Waals surface area contributed by atoms with Gasteiger partial charge in [-0.15, -0.1) is 0 Å². The van der Waals surface area contributed by atoms with E-state index in [0.717, 1.165) is 6.07 Å². The predicted molar refractivity (Wildman–Crippen MR) is 131 cm³/mol. The third-order valence-electron chi connectivity index (χ3n) is 4.74. The topological polar surface area (TPSA) is 227 Å². The predicted octanol–water partition coefficient (Wildman–Crippen LogP) is 2.70. The van der Waals surface area contributed by atoms with Crippen LogP contribution in [0.1, 0.15) is 0 Å². The summed E-state index contributed by atoms with van der Waals surface area (Å²) in [5.74, 6) is -4.31. The zero-order valence-electron chi connectivity index (χ0n) is 17.9. The molecule has 0 radical (unpaired) electrons. The molecule has 0 saturated carbocycles. The van der Waals surface area contributed by atoms with Gasteiger partial charge in [-0.2, -0.15) is 4.39 Å². The number of nitrogens with zero attached hydrogens (tertiary/aromatic N) is 2. The molecule has 4 aromatic rings. The highest BCUT2D eigenvalue weighted by molar-refractivity contribution is 9.10. The summed E-state index contributed by atoms with van der Waals surface area (Å²) in [4.78, 5) is 69.8. The highest BCUT2D eigenvalue weighted by atomic mass is 79.9. The second-order valence-electron chi connectivity index (χ2n) is 7.10. The second-order valence-corrected chi connectivity index (χ2v) is 8.33. The van der Waals surface area contributed by atoms with Gasteiger partial charge in [-0.1, -0.05) is 11.6 Å². The van der Waals surface area contributed by atoms with Crippen LogP contribution in [0.2, 0.25) is 5.02 Å². The number of benzene rings is 2. The lowest BCUT2D eigenvalue weighted by molar-refractivity contribution is -0.385. The second kappa shape index (κ2) is 10.3. The van der Waals surface area contributed by atoms with E-state index >= 15 is 0 Å². The summed E-state index contributed by atoms with van der Waals surface area (Å²) in [6, 6.07) is 2.73. The van der Waals surface area contributed by atoms with Gasteiger partial charge in [-0.3, -0.25) is 39.4 Å². The molecule has 196 valence electrons. The number of nitro benzene ring substituents is 2. The molecule has 2 heterocycles. The molecule has 2 aromatic heterocycles. The summed E-state index contributed by atoms with van der Waals surface area (Å²) in [5.41, 5.74) is -6.92. The van der Waals surface area contributed by atoms with Crippen molar-refractivity contribution in [3.8, 4) is 11.5 Å². The molecule has 0 spiro atoms. The lowest BCUT2D eigenvalue weighted by atomic mass is 10.2. The van der Waals surface area contributed by atoms with Crippen LogP contribution in [-0.4, -0.2) is 30.0 Å². The summed E-state index contributed by atoms with van der Waals surface area (Å²) in [5, 5.41) is 38.1. The van der Waals surface area contributed by atoms with E-state index in [1.54, 1.807) is 0 Å². The van der Waals surface area contributed by atoms with Gasteiger partial charge < -0.3 is 20.2 Å². The van der Waals surface area contributed by atoms with Crippen molar-refractivity contribution in [2.24, 2.45) is 0 Å². The summed E-state index contributed by atoms with van der Waals surface area (Å²) >= 11 is 8.20. The summed E-state index contributed by atoms with van der Waals surface area (Å²) in [6.07, 6.45) is 0. The maximum absolute atomic E-state index is 13.7. The molecule has 0 aliphatic carbocycles. The van der Waals surface area contributed by atoms with E-state index < -0.39 is 87.6 Å². The minimum absolute atomic E-state index is 0.254. The number of hydrogen-bond acceptors (Lipinski definition) is 10. The molecule has 4 N–H and O–H groups in total. The van der Waals surface area contributed by atoms with Crippen molar-refractivity contribution in [1.82, 2.24) is 9.97 Å². The Bertz CT molecular complexity index is 1940. The highest BCUT2D eigenvalue weighted by Gasteiger charge is 2.26. The van der Waals surface area contributed by atoms with Crippen molar-refractivity contribution < 1.29 is 28.8 Å². The maximum atomic E-state index is 13.7. The Hall–Kier alpha value is -4.77. The molecule has 2 aromatic carbocycles. The average Bonchev–Trinajstić information content (AvgIpc) is 2.98. The average molecular weight is 618 g/mol. The first-order chi connectivity index (χ1) is 17.6. The Morgan fingerprint density at radius 3 is 2.00 bits per heavy atom. The normalized spacial score (nSPS) is 10.6. The molecule has 0 atom stereocenters. The number of aromatic nitrogens is 2. The zero-order chi connectivity index (χ0) is 28.6. The SMILES string of the molecule is O=c1[nH]c2cc(Br)c(F)c([N+](=O)[O-])c2c(=O)cc1O.O=c1cc(O)c(=O)c2c([N+](=O)[O-])c(Cl)c(F)cc2[nH]1. The molecule has 0 unspecified atom stereocenters. The van der Waals surface area contributed by atoms with Gasteiger partial charge in [0.05, 0.1) is 25.4 Å². The Balaban J connectivity index is 0.000000211. The number of rotatable bonds is 2. The van der Waals surface area contributed by atoms with Crippen LogP contribution in [0.25, 0.3) is 21.8 Å². The van der Waals surface area contributed by atoms with Crippen LogP contribution in [0.5, 0.6) is 11.5 Å². The van der Waals surface area contributed by atoms with Gasteiger partial charge in [-0.05, 0) is 22.0 Å². The minimum Gasteiger partial charge on any atom is -0.504 e.